The maximum absolute atomic E-state index is 12.2. The molecule has 1 amide bonds. The average Bonchev–Trinajstić information content (AvgIpc) is 3.16. The van der Waals surface area contributed by atoms with E-state index in [0.717, 1.165) is 32.9 Å². The van der Waals surface area contributed by atoms with Crippen molar-refractivity contribution in [2.75, 3.05) is 5.75 Å². The molecule has 0 radical (unpaired) electrons. The molecule has 0 aliphatic heterocycles. The molecule has 2 aromatic carbocycles. The van der Waals surface area contributed by atoms with Gasteiger partial charge in [-0.1, -0.05) is 59.8 Å². The molecule has 0 saturated carbocycles. The lowest BCUT2D eigenvalue weighted by Gasteiger charge is -2.08. The Bertz CT molecular complexity index is 1160. The quantitative estimate of drug-likeness (QED) is 0.391. The van der Waals surface area contributed by atoms with Crippen LogP contribution in [-0.2, 0) is 11.3 Å². The Labute approximate surface area is 173 Å². The van der Waals surface area contributed by atoms with Crippen molar-refractivity contribution in [3.8, 4) is 5.69 Å². The SMILES string of the molecule is Cc1ccc(-n2ncc3c(SCC(=O)NCc4ccccc4)ncnc32)c(C)c1. The zero-order chi connectivity index (χ0) is 20.2. The van der Waals surface area contributed by atoms with Gasteiger partial charge in [0, 0.05) is 6.54 Å². The van der Waals surface area contributed by atoms with Crippen molar-refractivity contribution in [1.82, 2.24) is 25.1 Å². The van der Waals surface area contributed by atoms with Crippen LogP contribution < -0.4 is 5.32 Å². The highest BCUT2D eigenvalue weighted by Gasteiger charge is 2.14. The number of hydrogen-bond donors (Lipinski definition) is 1. The largest absolute Gasteiger partial charge is 0.351 e. The average molecular weight is 404 g/mol. The van der Waals surface area contributed by atoms with E-state index in [2.05, 4.69) is 46.4 Å². The number of rotatable bonds is 6. The lowest BCUT2D eigenvalue weighted by atomic mass is 10.1. The molecular weight excluding hydrogens is 382 g/mol. The lowest BCUT2D eigenvalue weighted by Crippen LogP contribution is -2.24. The van der Waals surface area contributed by atoms with Gasteiger partial charge < -0.3 is 5.32 Å². The maximum atomic E-state index is 12.2. The molecule has 7 heteroatoms. The van der Waals surface area contributed by atoms with Crippen LogP contribution in [0.15, 0.2) is 66.1 Å². The normalized spacial score (nSPS) is 11.0. The molecule has 29 heavy (non-hydrogen) atoms. The second-order valence-corrected chi connectivity index (χ2v) is 7.78. The van der Waals surface area contributed by atoms with Crippen molar-refractivity contribution >= 4 is 28.7 Å². The standard InChI is InChI=1S/C22H21N5OS/c1-15-8-9-19(16(2)10-15)27-21-18(12-26-27)22(25-14-24-21)29-13-20(28)23-11-17-6-4-3-5-7-17/h3-10,12,14H,11,13H2,1-2H3,(H,23,28). The van der Waals surface area contributed by atoms with Gasteiger partial charge in [-0.15, -0.1) is 0 Å². The molecule has 0 fully saturated rings. The van der Waals surface area contributed by atoms with Gasteiger partial charge in [0.05, 0.1) is 23.0 Å². The van der Waals surface area contributed by atoms with Gasteiger partial charge in [0.25, 0.3) is 0 Å². The Balaban J connectivity index is 1.49. The van der Waals surface area contributed by atoms with E-state index in [1.54, 1.807) is 6.20 Å². The Morgan fingerprint density at radius 3 is 2.72 bits per heavy atom. The summed E-state index contributed by atoms with van der Waals surface area (Å²) in [5.41, 5.74) is 5.13. The van der Waals surface area contributed by atoms with Crippen LogP contribution in [0.25, 0.3) is 16.7 Å². The molecule has 0 bridgehead atoms. The van der Waals surface area contributed by atoms with Gasteiger partial charge in [-0.25, -0.2) is 14.6 Å². The summed E-state index contributed by atoms with van der Waals surface area (Å²) in [6, 6.07) is 16.1. The molecular formula is C22H21N5OS. The first-order valence-corrected chi connectivity index (χ1v) is 10.3. The van der Waals surface area contributed by atoms with Crippen LogP contribution in [0.3, 0.4) is 0 Å². The number of amides is 1. The summed E-state index contributed by atoms with van der Waals surface area (Å²) in [7, 11) is 0. The van der Waals surface area contributed by atoms with Crippen molar-refractivity contribution in [2.45, 2.75) is 25.4 Å². The number of nitrogens with zero attached hydrogens (tertiary/aromatic N) is 4. The van der Waals surface area contributed by atoms with Gasteiger partial charge in [0.15, 0.2) is 5.65 Å². The number of thioether (sulfide) groups is 1. The number of benzene rings is 2. The highest BCUT2D eigenvalue weighted by atomic mass is 32.2. The second kappa shape index (κ2) is 8.45. The van der Waals surface area contributed by atoms with E-state index < -0.39 is 0 Å². The van der Waals surface area contributed by atoms with E-state index >= 15 is 0 Å². The first-order valence-electron chi connectivity index (χ1n) is 9.31. The molecule has 4 aromatic rings. The lowest BCUT2D eigenvalue weighted by molar-refractivity contribution is -0.118. The van der Waals surface area contributed by atoms with Crippen molar-refractivity contribution in [3.63, 3.8) is 0 Å². The summed E-state index contributed by atoms with van der Waals surface area (Å²) in [5.74, 6) is 0.251. The Morgan fingerprint density at radius 2 is 1.93 bits per heavy atom. The van der Waals surface area contributed by atoms with Crippen LogP contribution in [0.1, 0.15) is 16.7 Å². The highest BCUT2D eigenvalue weighted by Crippen LogP contribution is 2.26. The van der Waals surface area contributed by atoms with E-state index in [0.29, 0.717) is 6.54 Å². The van der Waals surface area contributed by atoms with Crippen LogP contribution in [-0.4, -0.2) is 31.4 Å². The summed E-state index contributed by atoms with van der Waals surface area (Å²) in [4.78, 5) is 21.0. The number of fused-ring (bicyclic) bond motifs is 1. The number of carbonyl (C=O) groups excluding carboxylic acids is 1. The molecule has 0 aliphatic rings. The predicted octanol–water partition coefficient (Wildman–Crippen LogP) is 3.84. The minimum absolute atomic E-state index is 0.0348. The Hall–Kier alpha value is -3.19. The molecule has 0 aliphatic carbocycles. The second-order valence-electron chi connectivity index (χ2n) is 6.81. The molecule has 2 aromatic heterocycles. The molecule has 4 rings (SSSR count). The Morgan fingerprint density at radius 1 is 1.10 bits per heavy atom. The van der Waals surface area contributed by atoms with E-state index in [1.807, 2.05) is 41.1 Å². The van der Waals surface area contributed by atoms with Gasteiger partial charge in [-0.2, -0.15) is 5.10 Å². The summed E-state index contributed by atoms with van der Waals surface area (Å²) in [6.45, 7) is 4.64. The van der Waals surface area contributed by atoms with Crippen molar-refractivity contribution in [2.24, 2.45) is 0 Å². The maximum Gasteiger partial charge on any atom is 0.230 e. The zero-order valence-electron chi connectivity index (χ0n) is 16.3. The fourth-order valence-corrected chi connectivity index (χ4v) is 3.93. The monoisotopic (exact) mass is 403 g/mol. The van der Waals surface area contributed by atoms with E-state index in [-0.39, 0.29) is 11.7 Å². The van der Waals surface area contributed by atoms with E-state index in [1.165, 1.54) is 23.7 Å². The van der Waals surface area contributed by atoms with Crippen LogP contribution in [0.2, 0.25) is 0 Å². The number of hydrogen-bond acceptors (Lipinski definition) is 5. The van der Waals surface area contributed by atoms with Gasteiger partial charge in [0.2, 0.25) is 5.91 Å². The first-order chi connectivity index (χ1) is 14.1. The number of aromatic nitrogens is 4. The van der Waals surface area contributed by atoms with Crippen molar-refractivity contribution in [3.05, 3.63) is 77.7 Å². The van der Waals surface area contributed by atoms with Gasteiger partial charge in [0.1, 0.15) is 11.4 Å². The zero-order valence-corrected chi connectivity index (χ0v) is 17.1. The van der Waals surface area contributed by atoms with Crippen molar-refractivity contribution in [1.29, 1.82) is 0 Å². The molecule has 2 heterocycles. The van der Waals surface area contributed by atoms with Gasteiger partial charge in [-0.05, 0) is 31.0 Å². The number of carbonyl (C=O) groups is 1. The third-order valence-corrected chi connectivity index (χ3v) is 5.59. The highest BCUT2D eigenvalue weighted by molar-refractivity contribution is 8.00. The fourth-order valence-electron chi connectivity index (χ4n) is 3.14. The van der Waals surface area contributed by atoms with Crippen LogP contribution in [0.5, 0.6) is 0 Å². The molecule has 0 spiro atoms. The van der Waals surface area contributed by atoms with Gasteiger partial charge >= 0.3 is 0 Å². The molecule has 146 valence electrons. The topological polar surface area (TPSA) is 72.7 Å². The van der Waals surface area contributed by atoms with E-state index in [4.69, 9.17) is 0 Å². The summed E-state index contributed by atoms with van der Waals surface area (Å²) in [6.07, 6.45) is 3.28. The van der Waals surface area contributed by atoms with Crippen LogP contribution >= 0.6 is 11.8 Å². The molecule has 0 unspecified atom stereocenters. The third kappa shape index (κ3) is 4.30. The Kier molecular flexibility index (Phi) is 5.57. The minimum atomic E-state index is -0.0348. The van der Waals surface area contributed by atoms with Crippen molar-refractivity contribution < 1.29 is 4.79 Å². The third-order valence-electron chi connectivity index (χ3n) is 4.58. The van der Waals surface area contributed by atoms with Crippen LogP contribution in [0.4, 0.5) is 0 Å². The summed E-state index contributed by atoms with van der Waals surface area (Å²) < 4.78 is 1.82. The molecule has 1 N–H and O–H groups in total. The first kappa shape index (κ1) is 19.1. The van der Waals surface area contributed by atoms with E-state index in [9.17, 15) is 4.79 Å². The van der Waals surface area contributed by atoms with Crippen LogP contribution in [0, 0.1) is 13.8 Å². The number of nitrogens with one attached hydrogen (secondary N) is 1. The smallest absolute Gasteiger partial charge is 0.230 e. The summed E-state index contributed by atoms with van der Waals surface area (Å²) >= 11 is 1.39. The summed E-state index contributed by atoms with van der Waals surface area (Å²) in [5, 5.41) is 9.05. The molecule has 6 nitrogen and oxygen atoms in total. The molecule has 0 atom stereocenters. The minimum Gasteiger partial charge on any atom is -0.351 e. The number of aryl methyl sites for hydroxylation is 2. The van der Waals surface area contributed by atoms with Gasteiger partial charge in [-0.3, -0.25) is 4.79 Å². The molecule has 0 saturated heterocycles. The fraction of sp³-hybridized carbons (Fsp3) is 0.182. The predicted molar refractivity (Wildman–Crippen MR) is 115 cm³/mol.